The van der Waals surface area contributed by atoms with E-state index in [0.29, 0.717) is 28.1 Å². The van der Waals surface area contributed by atoms with Gasteiger partial charge in [-0.05, 0) is 55.8 Å². The molecule has 8 heteroatoms. The third kappa shape index (κ3) is 3.01. The molecule has 2 aromatic heterocycles. The lowest BCUT2D eigenvalue weighted by Gasteiger charge is -2.23. The summed E-state index contributed by atoms with van der Waals surface area (Å²) < 4.78 is 13.5. The minimum absolute atomic E-state index is 0.102. The molecule has 1 atom stereocenters. The number of carbonyl (C=O) groups excluding carboxylic acids is 1. The number of piperidine rings is 1. The molecule has 4 N–H and O–H groups in total. The van der Waals surface area contributed by atoms with E-state index in [-0.39, 0.29) is 17.8 Å². The van der Waals surface area contributed by atoms with Crippen molar-refractivity contribution in [2.75, 3.05) is 13.1 Å². The molecule has 0 saturated carbocycles. The Morgan fingerprint density at radius 3 is 2.96 bits per heavy atom. The van der Waals surface area contributed by atoms with Gasteiger partial charge in [0.2, 0.25) is 0 Å². The molecular weight excluding hydrogens is 359 g/mol. The Morgan fingerprint density at radius 1 is 1.18 bits per heavy atom. The summed E-state index contributed by atoms with van der Waals surface area (Å²) in [4.78, 5) is 20.3. The van der Waals surface area contributed by atoms with Crippen LogP contribution in [0.2, 0.25) is 0 Å². The zero-order valence-electron chi connectivity index (χ0n) is 15.1. The smallest absolute Gasteiger partial charge is 0.251 e. The van der Waals surface area contributed by atoms with Crippen LogP contribution in [-0.4, -0.2) is 45.2 Å². The number of nitrogens with one attached hydrogen (secondary N) is 4. The lowest BCUT2D eigenvalue weighted by molar-refractivity contribution is 0.0931. The van der Waals surface area contributed by atoms with E-state index >= 15 is 0 Å². The van der Waals surface area contributed by atoms with Crippen molar-refractivity contribution in [3.63, 3.8) is 0 Å². The molecule has 1 fully saturated rings. The average Bonchev–Trinajstić information content (AvgIpc) is 3.31. The van der Waals surface area contributed by atoms with Crippen molar-refractivity contribution in [2.24, 2.45) is 0 Å². The number of carbonyl (C=O) groups is 1. The number of rotatable bonds is 3. The fourth-order valence-electron chi connectivity index (χ4n) is 3.67. The van der Waals surface area contributed by atoms with Gasteiger partial charge in [-0.25, -0.2) is 9.37 Å². The van der Waals surface area contributed by atoms with Crippen molar-refractivity contribution in [2.45, 2.75) is 18.9 Å². The summed E-state index contributed by atoms with van der Waals surface area (Å²) in [5.74, 6) is 0.0982. The standard InChI is InChI=1S/C20H19FN6O/c21-12-4-6-16-17(9-12)25-19(24-16)18-14-8-11(3-5-15(14)26-27-18)20(28)23-13-2-1-7-22-10-13/h3-6,8-9,13,22H,1-2,7,10H2,(H,23,28)(H,24,25)(H,26,27). The fourth-order valence-corrected chi connectivity index (χ4v) is 3.67. The van der Waals surface area contributed by atoms with Gasteiger partial charge in [-0.2, -0.15) is 5.10 Å². The summed E-state index contributed by atoms with van der Waals surface area (Å²) in [7, 11) is 0. The van der Waals surface area contributed by atoms with Crippen LogP contribution in [0.1, 0.15) is 23.2 Å². The van der Waals surface area contributed by atoms with Crippen LogP contribution >= 0.6 is 0 Å². The molecule has 0 spiro atoms. The van der Waals surface area contributed by atoms with Gasteiger partial charge in [0, 0.05) is 23.5 Å². The molecule has 5 rings (SSSR count). The lowest BCUT2D eigenvalue weighted by atomic mass is 10.1. The summed E-state index contributed by atoms with van der Waals surface area (Å²) in [5.41, 5.74) is 3.23. The molecule has 1 aliphatic heterocycles. The van der Waals surface area contributed by atoms with E-state index in [9.17, 15) is 9.18 Å². The number of aromatic nitrogens is 4. The van der Waals surface area contributed by atoms with Crippen LogP contribution in [0.3, 0.4) is 0 Å². The summed E-state index contributed by atoms with van der Waals surface area (Å²) >= 11 is 0. The monoisotopic (exact) mass is 378 g/mol. The first-order valence-electron chi connectivity index (χ1n) is 9.33. The van der Waals surface area contributed by atoms with Gasteiger partial charge in [0.05, 0.1) is 16.6 Å². The maximum atomic E-state index is 13.5. The topological polar surface area (TPSA) is 98.5 Å². The molecule has 1 amide bonds. The first-order chi connectivity index (χ1) is 13.7. The number of aromatic amines is 2. The summed E-state index contributed by atoms with van der Waals surface area (Å²) in [6, 6.07) is 9.97. The minimum Gasteiger partial charge on any atom is -0.348 e. The second-order valence-corrected chi connectivity index (χ2v) is 7.10. The van der Waals surface area contributed by atoms with E-state index in [1.807, 2.05) is 12.1 Å². The Hall–Kier alpha value is -3.26. The number of benzene rings is 2. The maximum Gasteiger partial charge on any atom is 0.251 e. The van der Waals surface area contributed by atoms with Crippen LogP contribution in [-0.2, 0) is 0 Å². The van der Waals surface area contributed by atoms with Gasteiger partial charge < -0.3 is 15.6 Å². The minimum atomic E-state index is -0.328. The number of imidazole rings is 1. The highest BCUT2D eigenvalue weighted by atomic mass is 19.1. The highest BCUT2D eigenvalue weighted by Crippen LogP contribution is 2.27. The van der Waals surface area contributed by atoms with Crippen LogP contribution in [0.5, 0.6) is 0 Å². The molecule has 0 bridgehead atoms. The van der Waals surface area contributed by atoms with Crippen molar-refractivity contribution in [3.8, 4) is 11.5 Å². The fraction of sp³-hybridized carbons (Fsp3) is 0.250. The van der Waals surface area contributed by atoms with E-state index in [0.717, 1.165) is 36.8 Å². The zero-order valence-corrected chi connectivity index (χ0v) is 15.1. The van der Waals surface area contributed by atoms with Crippen molar-refractivity contribution in [1.82, 2.24) is 30.8 Å². The number of hydrogen-bond acceptors (Lipinski definition) is 4. The van der Waals surface area contributed by atoms with E-state index < -0.39 is 0 Å². The first kappa shape index (κ1) is 16.9. The van der Waals surface area contributed by atoms with E-state index in [4.69, 9.17) is 0 Å². The van der Waals surface area contributed by atoms with Crippen LogP contribution in [0.4, 0.5) is 4.39 Å². The molecule has 3 heterocycles. The van der Waals surface area contributed by atoms with Gasteiger partial charge in [0.25, 0.3) is 5.91 Å². The number of amides is 1. The van der Waals surface area contributed by atoms with Gasteiger partial charge in [0.1, 0.15) is 11.5 Å². The van der Waals surface area contributed by atoms with Crippen molar-refractivity contribution < 1.29 is 9.18 Å². The number of H-pyrrole nitrogens is 2. The van der Waals surface area contributed by atoms with Gasteiger partial charge in [-0.3, -0.25) is 9.89 Å². The second-order valence-electron chi connectivity index (χ2n) is 7.10. The maximum absolute atomic E-state index is 13.5. The van der Waals surface area contributed by atoms with E-state index in [1.165, 1.54) is 12.1 Å². The first-order valence-corrected chi connectivity index (χ1v) is 9.33. The van der Waals surface area contributed by atoms with E-state index in [1.54, 1.807) is 12.1 Å². The predicted molar refractivity (Wildman–Crippen MR) is 104 cm³/mol. The number of halogens is 1. The predicted octanol–water partition coefficient (Wildman–Crippen LogP) is 2.73. The summed E-state index contributed by atoms with van der Waals surface area (Å²) in [6.45, 7) is 1.79. The molecule has 0 aliphatic carbocycles. The van der Waals surface area contributed by atoms with E-state index in [2.05, 4.69) is 30.8 Å². The normalized spacial score (nSPS) is 17.2. The molecular formula is C20H19FN6O. The van der Waals surface area contributed by atoms with Gasteiger partial charge in [-0.15, -0.1) is 0 Å². The Bertz CT molecular complexity index is 1170. The molecule has 7 nitrogen and oxygen atoms in total. The zero-order chi connectivity index (χ0) is 19.1. The average molecular weight is 378 g/mol. The van der Waals surface area contributed by atoms with Crippen LogP contribution in [0.15, 0.2) is 36.4 Å². The molecule has 1 unspecified atom stereocenters. The van der Waals surface area contributed by atoms with Crippen molar-refractivity contribution in [3.05, 3.63) is 47.8 Å². The molecule has 142 valence electrons. The Morgan fingerprint density at radius 2 is 2.11 bits per heavy atom. The molecule has 1 aliphatic rings. The number of fused-ring (bicyclic) bond motifs is 2. The lowest BCUT2D eigenvalue weighted by Crippen LogP contribution is -2.45. The number of hydrogen-bond donors (Lipinski definition) is 4. The van der Waals surface area contributed by atoms with Crippen molar-refractivity contribution in [1.29, 1.82) is 0 Å². The number of nitrogens with zero attached hydrogens (tertiary/aromatic N) is 2. The Balaban J connectivity index is 1.49. The SMILES string of the molecule is O=C(NC1CCCNC1)c1ccc2[nH]nc(-c3nc4ccc(F)cc4[nH]3)c2c1. The van der Waals surface area contributed by atoms with Gasteiger partial charge >= 0.3 is 0 Å². The second kappa shape index (κ2) is 6.72. The van der Waals surface area contributed by atoms with Gasteiger partial charge in [-0.1, -0.05) is 0 Å². The highest BCUT2D eigenvalue weighted by molar-refractivity contribution is 6.01. The molecule has 2 aromatic carbocycles. The van der Waals surface area contributed by atoms with Crippen LogP contribution in [0, 0.1) is 5.82 Å². The van der Waals surface area contributed by atoms with Crippen molar-refractivity contribution >= 4 is 27.8 Å². The summed E-state index contributed by atoms with van der Waals surface area (Å²) in [5, 5.41) is 14.5. The molecule has 4 aromatic rings. The van der Waals surface area contributed by atoms with Crippen LogP contribution < -0.4 is 10.6 Å². The summed E-state index contributed by atoms with van der Waals surface area (Å²) in [6.07, 6.45) is 2.04. The third-order valence-electron chi connectivity index (χ3n) is 5.13. The molecule has 28 heavy (non-hydrogen) atoms. The van der Waals surface area contributed by atoms with Gasteiger partial charge in [0.15, 0.2) is 5.82 Å². The van der Waals surface area contributed by atoms with Crippen LogP contribution in [0.25, 0.3) is 33.5 Å². The largest absolute Gasteiger partial charge is 0.348 e. The quantitative estimate of drug-likeness (QED) is 0.441. The third-order valence-corrected chi connectivity index (χ3v) is 5.13. The Kier molecular flexibility index (Phi) is 4.05. The Labute approximate surface area is 159 Å². The highest BCUT2D eigenvalue weighted by Gasteiger charge is 2.18. The molecule has 1 saturated heterocycles. The molecule has 0 radical (unpaired) electrons.